The van der Waals surface area contributed by atoms with Crippen molar-refractivity contribution >= 4 is 11.4 Å². The summed E-state index contributed by atoms with van der Waals surface area (Å²) in [6.45, 7) is 5.68. The Bertz CT molecular complexity index is 422. The topological polar surface area (TPSA) is 41.7 Å². The minimum atomic E-state index is 0.665. The van der Waals surface area contributed by atoms with Crippen LogP contribution in [0, 0.1) is 0 Å². The molecule has 1 aliphatic heterocycles. The van der Waals surface area contributed by atoms with Gasteiger partial charge in [-0.1, -0.05) is 6.92 Å². The molecule has 4 nitrogen and oxygen atoms in total. The average molecular weight is 263 g/mol. The second-order valence-corrected chi connectivity index (χ2v) is 5.23. The standard InChI is InChI=1S/C15H25N3O/c1-4-18-9-5-6-13(18)11-17(2)12-7-8-14(16)15(10-12)19-3/h7-8,10,13H,4-6,9,11,16H2,1-3H3. The quantitative estimate of drug-likeness (QED) is 0.827. The maximum Gasteiger partial charge on any atom is 0.143 e. The molecule has 0 amide bonds. The second-order valence-electron chi connectivity index (χ2n) is 5.23. The molecule has 1 saturated heterocycles. The van der Waals surface area contributed by atoms with E-state index in [1.165, 1.54) is 19.4 Å². The number of nitrogens with two attached hydrogens (primary N) is 1. The van der Waals surface area contributed by atoms with Crippen LogP contribution in [0.25, 0.3) is 0 Å². The number of likely N-dealkylation sites (N-methyl/N-ethyl adjacent to an activating group) is 2. The molecule has 106 valence electrons. The van der Waals surface area contributed by atoms with E-state index in [2.05, 4.69) is 29.8 Å². The highest BCUT2D eigenvalue weighted by Gasteiger charge is 2.24. The van der Waals surface area contributed by atoms with E-state index in [1.54, 1.807) is 7.11 Å². The Hall–Kier alpha value is -1.42. The van der Waals surface area contributed by atoms with E-state index in [4.69, 9.17) is 10.5 Å². The van der Waals surface area contributed by atoms with E-state index in [9.17, 15) is 0 Å². The summed E-state index contributed by atoms with van der Waals surface area (Å²) in [7, 11) is 3.79. The zero-order valence-corrected chi connectivity index (χ0v) is 12.2. The molecule has 19 heavy (non-hydrogen) atoms. The molecule has 1 atom stereocenters. The number of nitrogen functional groups attached to an aromatic ring is 1. The van der Waals surface area contributed by atoms with Crippen molar-refractivity contribution in [2.45, 2.75) is 25.8 Å². The molecule has 1 aromatic carbocycles. The Morgan fingerprint density at radius 3 is 2.95 bits per heavy atom. The van der Waals surface area contributed by atoms with Crippen molar-refractivity contribution in [3.63, 3.8) is 0 Å². The van der Waals surface area contributed by atoms with E-state index in [1.807, 2.05) is 12.1 Å². The monoisotopic (exact) mass is 263 g/mol. The second kappa shape index (κ2) is 6.15. The molecular formula is C15H25N3O. The molecule has 2 N–H and O–H groups in total. The van der Waals surface area contributed by atoms with Crippen LogP contribution in [0.4, 0.5) is 11.4 Å². The lowest BCUT2D eigenvalue weighted by molar-refractivity contribution is 0.270. The van der Waals surface area contributed by atoms with Gasteiger partial charge in [0.25, 0.3) is 0 Å². The third-order valence-corrected chi connectivity index (χ3v) is 4.05. The highest BCUT2D eigenvalue weighted by molar-refractivity contribution is 5.62. The molecular weight excluding hydrogens is 238 g/mol. The van der Waals surface area contributed by atoms with Gasteiger partial charge in [-0.25, -0.2) is 0 Å². The predicted molar refractivity (Wildman–Crippen MR) is 80.9 cm³/mol. The largest absolute Gasteiger partial charge is 0.495 e. The number of nitrogens with zero attached hydrogens (tertiary/aromatic N) is 2. The molecule has 0 aromatic heterocycles. The molecule has 1 aliphatic rings. The Labute approximate surface area is 116 Å². The lowest BCUT2D eigenvalue weighted by Gasteiger charge is -2.29. The molecule has 4 heteroatoms. The van der Waals surface area contributed by atoms with Gasteiger partial charge in [0.2, 0.25) is 0 Å². The van der Waals surface area contributed by atoms with E-state index >= 15 is 0 Å². The Kier molecular flexibility index (Phi) is 4.53. The van der Waals surface area contributed by atoms with Gasteiger partial charge in [-0.15, -0.1) is 0 Å². The fourth-order valence-electron chi connectivity index (χ4n) is 2.88. The maximum absolute atomic E-state index is 5.86. The highest BCUT2D eigenvalue weighted by Crippen LogP contribution is 2.28. The summed E-state index contributed by atoms with van der Waals surface area (Å²) in [4.78, 5) is 4.85. The normalized spacial score (nSPS) is 19.6. The van der Waals surface area contributed by atoms with Crippen molar-refractivity contribution in [1.82, 2.24) is 4.90 Å². The lowest BCUT2D eigenvalue weighted by Crippen LogP contribution is -2.38. The van der Waals surface area contributed by atoms with Gasteiger partial charge in [-0.2, -0.15) is 0 Å². The first-order chi connectivity index (χ1) is 9.15. The Balaban J connectivity index is 2.05. The van der Waals surface area contributed by atoms with Crippen molar-refractivity contribution in [3.8, 4) is 5.75 Å². The molecule has 2 rings (SSSR count). The van der Waals surface area contributed by atoms with Gasteiger partial charge in [-0.3, -0.25) is 4.90 Å². The van der Waals surface area contributed by atoms with Crippen LogP contribution in [0.3, 0.4) is 0 Å². The SMILES string of the molecule is CCN1CCCC1CN(C)c1ccc(N)c(OC)c1. The van der Waals surface area contributed by atoms with Crippen molar-refractivity contribution < 1.29 is 4.74 Å². The van der Waals surface area contributed by atoms with E-state index < -0.39 is 0 Å². The van der Waals surface area contributed by atoms with E-state index in [0.29, 0.717) is 11.7 Å². The number of hydrogen-bond acceptors (Lipinski definition) is 4. The van der Waals surface area contributed by atoms with Gasteiger partial charge < -0.3 is 15.4 Å². The van der Waals surface area contributed by atoms with Crippen LogP contribution in [0.2, 0.25) is 0 Å². The van der Waals surface area contributed by atoms with E-state index in [-0.39, 0.29) is 0 Å². The lowest BCUT2D eigenvalue weighted by atomic mass is 10.2. The number of benzene rings is 1. The fourth-order valence-corrected chi connectivity index (χ4v) is 2.88. The molecule has 0 saturated carbocycles. The van der Waals surface area contributed by atoms with Crippen LogP contribution in [-0.4, -0.2) is 44.7 Å². The first-order valence-corrected chi connectivity index (χ1v) is 7.04. The first kappa shape index (κ1) is 14.0. The van der Waals surface area contributed by atoms with Gasteiger partial charge in [0.1, 0.15) is 5.75 Å². The summed E-state index contributed by atoms with van der Waals surface area (Å²) in [5.41, 5.74) is 7.71. The third-order valence-electron chi connectivity index (χ3n) is 4.05. The first-order valence-electron chi connectivity index (χ1n) is 7.04. The number of ether oxygens (including phenoxy) is 1. The average Bonchev–Trinajstić information content (AvgIpc) is 2.86. The van der Waals surface area contributed by atoms with Crippen molar-refractivity contribution in [2.75, 3.05) is 44.4 Å². The van der Waals surface area contributed by atoms with Crippen LogP contribution < -0.4 is 15.4 Å². The zero-order valence-electron chi connectivity index (χ0n) is 12.2. The number of rotatable bonds is 5. The van der Waals surface area contributed by atoms with Crippen molar-refractivity contribution in [3.05, 3.63) is 18.2 Å². The zero-order chi connectivity index (χ0) is 13.8. The van der Waals surface area contributed by atoms with Crippen LogP contribution >= 0.6 is 0 Å². The minimum absolute atomic E-state index is 0.665. The predicted octanol–water partition coefficient (Wildman–Crippen LogP) is 2.20. The summed E-state index contributed by atoms with van der Waals surface area (Å²) < 4.78 is 5.29. The molecule has 1 fully saturated rings. The summed E-state index contributed by atoms with van der Waals surface area (Å²) >= 11 is 0. The van der Waals surface area contributed by atoms with Crippen LogP contribution in [0.1, 0.15) is 19.8 Å². The molecule has 0 aliphatic carbocycles. The van der Waals surface area contributed by atoms with Crippen LogP contribution in [-0.2, 0) is 0 Å². The maximum atomic E-state index is 5.86. The fraction of sp³-hybridized carbons (Fsp3) is 0.600. The molecule has 0 radical (unpaired) electrons. The summed E-state index contributed by atoms with van der Waals surface area (Å²) in [5.74, 6) is 0.753. The Morgan fingerprint density at radius 2 is 2.26 bits per heavy atom. The van der Waals surface area contributed by atoms with Crippen LogP contribution in [0.5, 0.6) is 5.75 Å². The number of hydrogen-bond donors (Lipinski definition) is 1. The Morgan fingerprint density at radius 1 is 1.47 bits per heavy atom. The van der Waals surface area contributed by atoms with Gasteiger partial charge in [0.15, 0.2) is 0 Å². The highest BCUT2D eigenvalue weighted by atomic mass is 16.5. The summed E-state index contributed by atoms with van der Waals surface area (Å²) in [6, 6.07) is 6.65. The third kappa shape index (κ3) is 3.13. The van der Waals surface area contributed by atoms with Gasteiger partial charge in [-0.05, 0) is 38.1 Å². The molecule has 0 bridgehead atoms. The number of anilines is 2. The summed E-state index contributed by atoms with van der Waals surface area (Å²) in [6.07, 6.45) is 2.61. The number of likely N-dealkylation sites (tertiary alicyclic amines) is 1. The smallest absolute Gasteiger partial charge is 0.143 e. The van der Waals surface area contributed by atoms with Gasteiger partial charge in [0.05, 0.1) is 12.8 Å². The van der Waals surface area contributed by atoms with Crippen molar-refractivity contribution in [2.24, 2.45) is 0 Å². The summed E-state index contributed by atoms with van der Waals surface area (Å²) in [5, 5.41) is 0. The van der Waals surface area contributed by atoms with E-state index in [0.717, 1.165) is 24.5 Å². The van der Waals surface area contributed by atoms with Crippen LogP contribution in [0.15, 0.2) is 18.2 Å². The van der Waals surface area contributed by atoms with Gasteiger partial charge in [0, 0.05) is 31.4 Å². The molecule has 1 heterocycles. The molecule has 1 aromatic rings. The van der Waals surface area contributed by atoms with Gasteiger partial charge >= 0.3 is 0 Å². The minimum Gasteiger partial charge on any atom is -0.495 e. The molecule has 0 spiro atoms. The van der Waals surface area contributed by atoms with Crippen molar-refractivity contribution in [1.29, 1.82) is 0 Å². The number of methoxy groups -OCH3 is 1. The molecule has 1 unspecified atom stereocenters.